The molecule has 1 unspecified atom stereocenters. The molecule has 1 saturated carbocycles. The fourth-order valence-electron chi connectivity index (χ4n) is 2.32. The number of oxime groups is 1. The van der Waals surface area contributed by atoms with Crippen LogP contribution >= 0.6 is 0 Å². The monoisotopic (exact) mass is 169 g/mol. The Balaban J connectivity index is 2.82. The van der Waals surface area contributed by atoms with Crippen molar-refractivity contribution in [3.8, 4) is 0 Å². The molecule has 1 aliphatic rings. The van der Waals surface area contributed by atoms with Gasteiger partial charge in [-0.1, -0.05) is 25.9 Å². The van der Waals surface area contributed by atoms with Crippen LogP contribution in [0.4, 0.5) is 0 Å². The van der Waals surface area contributed by atoms with Gasteiger partial charge in [0.15, 0.2) is 0 Å². The van der Waals surface area contributed by atoms with Gasteiger partial charge >= 0.3 is 0 Å². The highest BCUT2D eigenvalue weighted by Crippen LogP contribution is 2.47. The molecule has 0 radical (unpaired) electrons. The van der Waals surface area contributed by atoms with Crippen molar-refractivity contribution in [1.29, 1.82) is 0 Å². The lowest BCUT2D eigenvalue weighted by atomic mass is 9.74. The zero-order valence-electron chi connectivity index (χ0n) is 8.46. The van der Waals surface area contributed by atoms with Crippen LogP contribution in [0.1, 0.15) is 40.5 Å². The minimum Gasteiger partial charge on any atom is -0.411 e. The highest BCUT2D eigenvalue weighted by Gasteiger charge is 2.41. The predicted molar refractivity (Wildman–Crippen MR) is 50.6 cm³/mol. The lowest BCUT2D eigenvalue weighted by Gasteiger charge is -2.30. The second kappa shape index (κ2) is 3.08. The molecule has 1 N–H and O–H groups in total. The average molecular weight is 169 g/mol. The smallest absolute Gasteiger partial charge is 0.0576 e. The van der Waals surface area contributed by atoms with Crippen molar-refractivity contribution in [3.05, 3.63) is 0 Å². The van der Waals surface area contributed by atoms with Gasteiger partial charge in [-0.2, -0.15) is 0 Å². The standard InChI is InChI=1S/C10H19NO/c1-7-5-6-9(8(2)11-12)10(7,3)4/h7,9,12H,5-6H2,1-4H3/b11-8+/t7?,9-/m1/s1. The SMILES string of the molecule is C/C(=N\O)[C@H]1CCC(C)C1(C)C. The van der Waals surface area contributed by atoms with Gasteiger partial charge in [0.1, 0.15) is 0 Å². The van der Waals surface area contributed by atoms with E-state index in [1.807, 2.05) is 6.92 Å². The summed E-state index contributed by atoms with van der Waals surface area (Å²) in [4.78, 5) is 0. The van der Waals surface area contributed by atoms with Crippen molar-refractivity contribution in [3.63, 3.8) is 0 Å². The molecular formula is C10H19NO. The second-order valence-corrected chi connectivity index (χ2v) is 4.59. The first kappa shape index (κ1) is 9.56. The van der Waals surface area contributed by atoms with Crippen molar-refractivity contribution in [1.82, 2.24) is 0 Å². The number of hydrogen-bond acceptors (Lipinski definition) is 2. The first-order valence-electron chi connectivity index (χ1n) is 4.68. The van der Waals surface area contributed by atoms with Crippen LogP contribution < -0.4 is 0 Å². The van der Waals surface area contributed by atoms with Crippen LogP contribution in [0.5, 0.6) is 0 Å². The number of rotatable bonds is 1. The molecule has 0 aliphatic heterocycles. The fraction of sp³-hybridized carbons (Fsp3) is 0.900. The normalized spacial score (nSPS) is 35.5. The Labute approximate surface area is 74.7 Å². The average Bonchev–Trinajstić information content (AvgIpc) is 2.27. The molecule has 1 aliphatic carbocycles. The zero-order valence-corrected chi connectivity index (χ0v) is 8.46. The van der Waals surface area contributed by atoms with Gasteiger partial charge in [-0.25, -0.2) is 0 Å². The number of hydrogen-bond donors (Lipinski definition) is 1. The molecule has 0 amide bonds. The van der Waals surface area contributed by atoms with Gasteiger partial charge in [-0.05, 0) is 31.1 Å². The van der Waals surface area contributed by atoms with E-state index in [4.69, 9.17) is 5.21 Å². The Morgan fingerprint density at radius 3 is 2.33 bits per heavy atom. The highest BCUT2D eigenvalue weighted by molar-refractivity contribution is 5.84. The van der Waals surface area contributed by atoms with Crippen LogP contribution in [-0.4, -0.2) is 10.9 Å². The van der Waals surface area contributed by atoms with Crippen LogP contribution in [0, 0.1) is 17.3 Å². The third kappa shape index (κ3) is 1.35. The van der Waals surface area contributed by atoms with E-state index < -0.39 is 0 Å². The zero-order chi connectivity index (χ0) is 9.35. The van der Waals surface area contributed by atoms with Crippen LogP contribution in [0.25, 0.3) is 0 Å². The minimum absolute atomic E-state index is 0.302. The molecule has 0 aromatic carbocycles. The molecule has 2 nitrogen and oxygen atoms in total. The summed E-state index contributed by atoms with van der Waals surface area (Å²) < 4.78 is 0. The van der Waals surface area contributed by atoms with E-state index in [9.17, 15) is 0 Å². The molecule has 2 atom stereocenters. The third-order valence-electron chi connectivity index (χ3n) is 3.72. The Bertz CT molecular complexity index is 196. The summed E-state index contributed by atoms with van der Waals surface area (Å²) in [6.07, 6.45) is 2.43. The van der Waals surface area contributed by atoms with Gasteiger partial charge in [0.25, 0.3) is 0 Å². The van der Waals surface area contributed by atoms with Gasteiger partial charge < -0.3 is 5.21 Å². The van der Waals surface area contributed by atoms with Gasteiger partial charge in [-0.15, -0.1) is 0 Å². The topological polar surface area (TPSA) is 32.6 Å². The van der Waals surface area contributed by atoms with E-state index in [0.717, 1.165) is 11.6 Å². The van der Waals surface area contributed by atoms with E-state index in [2.05, 4.69) is 25.9 Å². The summed E-state index contributed by atoms with van der Waals surface area (Å²) in [5.41, 5.74) is 1.19. The maximum atomic E-state index is 8.70. The lowest BCUT2D eigenvalue weighted by molar-refractivity contribution is 0.235. The van der Waals surface area contributed by atoms with E-state index in [0.29, 0.717) is 11.3 Å². The number of nitrogens with zero attached hydrogens (tertiary/aromatic N) is 1. The summed E-state index contributed by atoms with van der Waals surface area (Å²) in [6, 6.07) is 0. The molecule has 0 heterocycles. The second-order valence-electron chi connectivity index (χ2n) is 4.59. The van der Waals surface area contributed by atoms with Crippen LogP contribution in [0.2, 0.25) is 0 Å². The molecule has 70 valence electrons. The molecule has 0 aromatic heterocycles. The third-order valence-corrected chi connectivity index (χ3v) is 3.72. The molecule has 0 bridgehead atoms. The summed E-state index contributed by atoms with van der Waals surface area (Å²) in [6.45, 7) is 8.74. The minimum atomic E-state index is 0.302. The summed E-state index contributed by atoms with van der Waals surface area (Å²) in [5.74, 6) is 1.21. The van der Waals surface area contributed by atoms with Gasteiger partial charge in [0, 0.05) is 5.92 Å². The van der Waals surface area contributed by atoms with Crippen molar-refractivity contribution in [2.75, 3.05) is 0 Å². The Kier molecular flexibility index (Phi) is 2.45. The lowest BCUT2D eigenvalue weighted by Crippen LogP contribution is -2.28. The van der Waals surface area contributed by atoms with Crippen molar-refractivity contribution < 1.29 is 5.21 Å². The summed E-state index contributed by atoms with van der Waals surface area (Å²) in [5, 5.41) is 12.0. The van der Waals surface area contributed by atoms with Gasteiger partial charge in [-0.3, -0.25) is 0 Å². The largest absolute Gasteiger partial charge is 0.411 e. The van der Waals surface area contributed by atoms with Crippen molar-refractivity contribution in [2.45, 2.75) is 40.5 Å². The first-order chi connectivity index (χ1) is 5.50. The van der Waals surface area contributed by atoms with E-state index in [1.165, 1.54) is 12.8 Å². The van der Waals surface area contributed by atoms with Crippen LogP contribution in [-0.2, 0) is 0 Å². The van der Waals surface area contributed by atoms with Gasteiger partial charge in [0.2, 0.25) is 0 Å². The van der Waals surface area contributed by atoms with Crippen LogP contribution in [0.3, 0.4) is 0 Å². The van der Waals surface area contributed by atoms with Gasteiger partial charge in [0.05, 0.1) is 5.71 Å². The molecule has 2 heteroatoms. The first-order valence-corrected chi connectivity index (χ1v) is 4.68. The predicted octanol–water partition coefficient (Wildman–Crippen LogP) is 2.91. The molecule has 12 heavy (non-hydrogen) atoms. The van der Waals surface area contributed by atoms with Crippen LogP contribution in [0.15, 0.2) is 5.16 Å². The Hall–Kier alpha value is -0.530. The molecule has 0 spiro atoms. The molecular weight excluding hydrogens is 150 g/mol. The molecule has 0 aromatic rings. The quantitative estimate of drug-likeness (QED) is 0.365. The fourth-order valence-corrected chi connectivity index (χ4v) is 2.32. The Morgan fingerprint density at radius 1 is 1.42 bits per heavy atom. The molecule has 0 saturated heterocycles. The summed E-state index contributed by atoms with van der Waals surface area (Å²) >= 11 is 0. The van der Waals surface area contributed by atoms with E-state index in [1.54, 1.807) is 0 Å². The van der Waals surface area contributed by atoms with Crippen molar-refractivity contribution in [2.24, 2.45) is 22.4 Å². The maximum absolute atomic E-state index is 8.70. The highest BCUT2D eigenvalue weighted by atomic mass is 16.4. The maximum Gasteiger partial charge on any atom is 0.0576 e. The van der Waals surface area contributed by atoms with E-state index in [-0.39, 0.29) is 0 Å². The van der Waals surface area contributed by atoms with Crippen molar-refractivity contribution >= 4 is 5.71 Å². The Morgan fingerprint density at radius 2 is 2.00 bits per heavy atom. The molecule has 1 fully saturated rings. The van der Waals surface area contributed by atoms with E-state index >= 15 is 0 Å². The molecule has 1 rings (SSSR count). The summed E-state index contributed by atoms with van der Waals surface area (Å²) in [7, 11) is 0.